The van der Waals surface area contributed by atoms with Crippen molar-refractivity contribution in [2.75, 3.05) is 6.54 Å². The van der Waals surface area contributed by atoms with Gasteiger partial charge in [-0.2, -0.15) is 0 Å². The Labute approximate surface area is 39.3 Å². The molecular weight excluding hydrogens is 74.9 g/mol. The topological polar surface area (TPSA) is 52.0 Å². The lowest BCUT2D eigenvalue weighted by Crippen LogP contribution is -2.23. The first kappa shape index (κ1) is 5.98. The van der Waals surface area contributed by atoms with Gasteiger partial charge in [0.05, 0.1) is 7.85 Å². The lowest BCUT2D eigenvalue weighted by atomic mass is 9.95. The highest BCUT2D eigenvalue weighted by atomic mass is 14.6. The Morgan fingerprint density at radius 1 is 1.67 bits per heavy atom. The van der Waals surface area contributed by atoms with Crippen molar-refractivity contribution in [3.8, 4) is 0 Å². The molecule has 0 aliphatic rings. The van der Waals surface area contributed by atoms with Crippen LogP contribution in [0.25, 0.3) is 0 Å². The molecule has 0 fully saturated rings. The predicted octanol–water partition coefficient (Wildman–Crippen LogP) is -1.21. The van der Waals surface area contributed by atoms with Gasteiger partial charge in [0.15, 0.2) is 0 Å². The molecule has 0 heterocycles. The molecule has 0 amide bonds. The molecule has 0 aromatic heterocycles. The Morgan fingerprint density at radius 2 is 2.17 bits per heavy atom. The molecule has 0 saturated heterocycles. The first-order valence-corrected chi connectivity index (χ1v) is 1.98. The van der Waals surface area contributed by atoms with Gasteiger partial charge in [-0.3, -0.25) is 0 Å². The number of hydrogen-bond donors (Lipinski definition) is 2. The van der Waals surface area contributed by atoms with Gasteiger partial charge in [0, 0.05) is 0 Å². The van der Waals surface area contributed by atoms with Crippen LogP contribution in [0.2, 0.25) is 0 Å². The number of nitrogens with two attached hydrogens (primary N) is 2. The van der Waals surface area contributed by atoms with Crippen LogP contribution in [0, 0.1) is 0 Å². The highest BCUT2D eigenvalue weighted by Gasteiger charge is 1.85. The third-order valence-corrected chi connectivity index (χ3v) is 0.500. The van der Waals surface area contributed by atoms with E-state index in [2.05, 4.69) is 0 Å². The molecule has 0 aromatic rings. The van der Waals surface area contributed by atoms with Crippen molar-refractivity contribution in [1.82, 2.24) is 0 Å². The van der Waals surface area contributed by atoms with Crippen molar-refractivity contribution in [2.45, 2.75) is 12.4 Å². The van der Waals surface area contributed by atoms with E-state index in [1.165, 1.54) is 0 Å². The van der Waals surface area contributed by atoms with Crippen molar-refractivity contribution < 1.29 is 0 Å². The van der Waals surface area contributed by atoms with Gasteiger partial charge in [-0.25, -0.2) is 0 Å². The average Bonchev–Trinajstić information content (AvgIpc) is 1.35. The van der Waals surface area contributed by atoms with Crippen LogP contribution < -0.4 is 11.5 Å². The summed E-state index contributed by atoms with van der Waals surface area (Å²) in [5.41, 5.74) is 10.2. The molecular formula is C3H9BN2. The largest absolute Gasteiger partial charge is 0.336 e. The third kappa shape index (κ3) is 3.98. The monoisotopic (exact) mass is 84.1 g/mol. The van der Waals surface area contributed by atoms with Gasteiger partial charge in [0.25, 0.3) is 0 Å². The van der Waals surface area contributed by atoms with Crippen LogP contribution in [0.1, 0.15) is 6.42 Å². The lowest BCUT2D eigenvalue weighted by molar-refractivity contribution is 0.788. The Bertz CT molecular complexity index is 30.0. The zero-order chi connectivity index (χ0) is 4.99. The van der Waals surface area contributed by atoms with Crippen LogP contribution in [-0.4, -0.2) is 20.3 Å². The Kier molecular flexibility index (Phi) is 3.18. The third-order valence-electron chi connectivity index (χ3n) is 0.500. The highest BCUT2D eigenvalue weighted by molar-refractivity contribution is 6.11. The second kappa shape index (κ2) is 3.19. The van der Waals surface area contributed by atoms with Crippen LogP contribution in [0.4, 0.5) is 0 Å². The smallest absolute Gasteiger partial charge is 0.0903 e. The fourth-order valence-corrected chi connectivity index (χ4v) is 0.192. The van der Waals surface area contributed by atoms with E-state index in [0.29, 0.717) is 13.0 Å². The summed E-state index contributed by atoms with van der Waals surface area (Å²) in [6, 6.07) is 0. The normalized spacial score (nSPS) is 14.3. The maximum atomic E-state index is 5.10. The molecule has 0 aliphatic heterocycles. The van der Waals surface area contributed by atoms with Crippen molar-refractivity contribution in [3.05, 3.63) is 0 Å². The van der Waals surface area contributed by atoms with Gasteiger partial charge >= 0.3 is 0 Å². The maximum absolute atomic E-state index is 5.10. The van der Waals surface area contributed by atoms with E-state index >= 15 is 0 Å². The molecule has 0 aliphatic carbocycles. The summed E-state index contributed by atoms with van der Waals surface area (Å²) in [5, 5.41) is 0. The first-order valence-electron chi connectivity index (χ1n) is 1.98. The number of hydrogen-bond acceptors (Lipinski definition) is 2. The lowest BCUT2D eigenvalue weighted by Gasteiger charge is -1.97. The fourth-order valence-electron chi connectivity index (χ4n) is 0.192. The van der Waals surface area contributed by atoms with Crippen LogP contribution in [0.15, 0.2) is 0 Å². The quantitative estimate of drug-likeness (QED) is 0.412. The van der Waals surface area contributed by atoms with E-state index in [0.717, 1.165) is 0 Å². The summed E-state index contributed by atoms with van der Waals surface area (Å²) in [5.74, 6) is -0.227. The van der Waals surface area contributed by atoms with Crippen LogP contribution in [-0.2, 0) is 0 Å². The Balaban J connectivity index is 2.63. The molecule has 3 heteroatoms. The molecule has 1 atom stereocenters. The molecule has 1 unspecified atom stereocenters. The van der Waals surface area contributed by atoms with E-state index < -0.39 is 0 Å². The number of rotatable bonds is 2. The van der Waals surface area contributed by atoms with Crippen molar-refractivity contribution >= 4 is 7.85 Å². The summed E-state index contributed by atoms with van der Waals surface area (Å²) in [7, 11) is 5.10. The summed E-state index contributed by atoms with van der Waals surface area (Å²) < 4.78 is 0. The minimum Gasteiger partial charge on any atom is -0.336 e. The van der Waals surface area contributed by atoms with Crippen molar-refractivity contribution in [1.29, 1.82) is 0 Å². The fraction of sp³-hybridized carbons (Fsp3) is 1.00. The molecule has 34 valence electrons. The molecule has 2 nitrogen and oxygen atoms in total. The minimum absolute atomic E-state index is 0.227. The molecule has 6 heavy (non-hydrogen) atoms. The maximum Gasteiger partial charge on any atom is 0.0903 e. The summed E-state index contributed by atoms with van der Waals surface area (Å²) in [6.45, 7) is 0.581. The summed E-state index contributed by atoms with van der Waals surface area (Å²) >= 11 is 0. The van der Waals surface area contributed by atoms with Gasteiger partial charge < -0.3 is 11.5 Å². The Morgan fingerprint density at radius 3 is 2.17 bits per heavy atom. The molecule has 0 saturated carbocycles. The molecule has 4 N–H and O–H groups in total. The minimum atomic E-state index is -0.227. The van der Waals surface area contributed by atoms with Gasteiger partial charge in [-0.15, -0.1) is 0 Å². The van der Waals surface area contributed by atoms with Gasteiger partial charge in [0.2, 0.25) is 0 Å². The molecule has 0 aromatic carbocycles. The standard InChI is InChI=1S/C3H9BN2/c4-3(6)1-2-5/h3H,1-2,5-6H2. The van der Waals surface area contributed by atoms with Gasteiger partial charge in [0.1, 0.15) is 0 Å². The van der Waals surface area contributed by atoms with Crippen LogP contribution in [0.5, 0.6) is 0 Å². The second-order valence-electron chi connectivity index (χ2n) is 1.24. The predicted molar refractivity (Wildman–Crippen MR) is 27.4 cm³/mol. The molecule has 2 radical (unpaired) electrons. The second-order valence-corrected chi connectivity index (χ2v) is 1.24. The first-order chi connectivity index (χ1) is 2.77. The zero-order valence-corrected chi connectivity index (χ0v) is 3.72. The van der Waals surface area contributed by atoms with E-state index in [1.54, 1.807) is 0 Å². The van der Waals surface area contributed by atoms with E-state index in [-0.39, 0.29) is 5.94 Å². The summed E-state index contributed by atoms with van der Waals surface area (Å²) in [6.07, 6.45) is 0.708. The molecule has 0 bridgehead atoms. The average molecular weight is 83.9 g/mol. The molecule has 0 rings (SSSR count). The van der Waals surface area contributed by atoms with Gasteiger partial charge in [-0.05, 0) is 18.9 Å². The van der Waals surface area contributed by atoms with Crippen LogP contribution >= 0.6 is 0 Å². The molecule has 0 spiro atoms. The highest BCUT2D eigenvalue weighted by Crippen LogP contribution is 1.72. The van der Waals surface area contributed by atoms with Gasteiger partial charge in [-0.1, -0.05) is 0 Å². The van der Waals surface area contributed by atoms with E-state index in [4.69, 9.17) is 19.3 Å². The van der Waals surface area contributed by atoms with E-state index in [9.17, 15) is 0 Å². The van der Waals surface area contributed by atoms with Crippen molar-refractivity contribution in [2.24, 2.45) is 11.5 Å². The van der Waals surface area contributed by atoms with E-state index in [1.807, 2.05) is 0 Å². The SMILES string of the molecule is [B]C(N)CCN. The summed E-state index contributed by atoms with van der Waals surface area (Å²) in [4.78, 5) is 0. The van der Waals surface area contributed by atoms with Crippen molar-refractivity contribution in [3.63, 3.8) is 0 Å². The van der Waals surface area contributed by atoms with Crippen LogP contribution in [0.3, 0.4) is 0 Å². The Hall–Kier alpha value is -0.0151. The zero-order valence-electron chi connectivity index (χ0n) is 3.72.